The van der Waals surface area contributed by atoms with Gasteiger partial charge in [-0.2, -0.15) is 0 Å². The van der Waals surface area contributed by atoms with E-state index >= 15 is 0 Å². The monoisotopic (exact) mass is 276 g/mol. The lowest BCUT2D eigenvalue weighted by Gasteiger charge is -2.26. The summed E-state index contributed by atoms with van der Waals surface area (Å²) in [6.07, 6.45) is -0.109. The van der Waals surface area contributed by atoms with Crippen LogP contribution in [0.3, 0.4) is 0 Å². The molecular weight excluding hydrogens is 248 g/mol. The number of rotatable bonds is 10. The van der Waals surface area contributed by atoms with E-state index in [1.165, 1.54) is 0 Å². The number of hydrogen-bond donors (Lipinski definition) is 0. The maximum Gasteiger partial charge on any atom is 0.293 e. The molecule has 5 heteroatoms. The Bertz CT molecular complexity index is 236. The van der Waals surface area contributed by atoms with Crippen LogP contribution in [-0.2, 0) is 23.7 Å². The van der Waals surface area contributed by atoms with E-state index in [9.17, 15) is 4.79 Å². The van der Waals surface area contributed by atoms with Crippen LogP contribution in [0, 0.1) is 0 Å². The number of carbonyl (C=O) groups excluding carboxylic acids is 1. The second-order valence-corrected chi connectivity index (χ2v) is 5.76. The highest BCUT2D eigenvalue weighted by Gasteiger charge is 2.16. The summed E-state index contributed by atoms with van der Waals surface area (Å²) in [7, 11) is 0. The van der Waals surface area contributed by atoms with Crippen molar-refractivity contribution >= 4 is 6.47 Å². The smallest absolute Gasteiger partial charge is 0.293 e. The van der Waals surface area contributed by atoms with Gasteiger partial charge in [-0.15, -0.1) is 0 Å². The van der Waals surface area contributed by atoms with Crippen molar-refractivity contribution in [3.8, 4) is 0 Å². The summed E-state index contributed by atoms with van der Waals surface area (Å²) in [6.45, 7) is 13.5. The minimum absolute atomic E-state index is 0.0234. The molecule has 3 atom stereocenters. The Morgan fingerprint density at radius 1 is 0.895 bits per heavy atom. The summed E-state index contributed by atoms with van der Waals surface area (Å²) in [5, 5.41) is 0. The second kappa shape index (κ2) is 9.28. The zero-order valence-corrected chi connectivity index (χ0v) is 13.0. The molecule has 0 aromatic heterocycles. The van der Waals surface area contributed by atoms with Gasteiger partial charge in [-0.1, -0.05) is 0 Å². The summed E-state index contributed by atoms with van der Waals surface area (Å²) in [6, 6.07) is 0. The molecule has 0 rings (SSSR count). The molecular formula is C14H28O5. The van der Waals surface area contributed by atoms with Crippen LogP contribution in [0.5, 0.6) is 0 Å². The zero-order valence-electron chi connectivity index (χ0n) is 13.0. The summed E-state index contributed by atoms with van der Waals surface area (Å²) in [5.41, 5.74) is -0.163. The van der Waals surface area contributed by atoms with Crippen LogP contribution in [0.1, 0.15) is 41.5 Å². The molecule has 0 aromatic carbocycles. The summed E-state index contributed by atoms with van der Waals surface area (Å²) >= 11 is 0. The molecule has 0 saturated carbocycles. The molecule has 0 spiro atoms. The van der Waals surface area contributed by atoms with Gasteiger partial charge in [0.15, 0.2) is 0 Å². The van der Waals surface area contributed by atoms with Crippen molar-refractivity contribution in [3.05, 3.63) is 0 Å². The molecule has 5 nitrogen and oxygen atoms in total. The Labute approximate surface area is 116 Å². The van der Waals surface area contributed by atoms with Gasteiger partial charge < -0.3 is 18.9 Å². The van der Waals surface area contributed by atoms with Crippen LogP contribution >= 0.6 is 0 Å². The zero-order chi connectivity index (χ0) is 14.9. The molecule has 19 heavy (non-hydrogen) atoms. The van der Waals surface area contributed by atoms with E-state index < -0.39 is 0 Å². The van der Waals surface area contributed by atoms with Gasteiger partial charge in [0.1, 0.15) is 6.61 Å². The van der Waals surface area contributed by atoms with E-state index in [1.807, 2.05) is 41.5 Å². The molecule has 0 fully saturated rings. The molecule has 0 saturated heterocycles. The lowest BCUT2D eigenvalue weighted by molar-refractivity contribution is -0.135. The molecule has 0 aliphatic carbocycles. The standard InChI is InChI=1S/C14H28O5/c1-11(7-16-10-15)17-8-12(2)18-9-13(3)19-14(4,5)6/h10-13H,7-9H2,1-6H3. The topological polar surface area (TPSA) is 54.0 Å². The predicted octanol–water partition coefficient (Wildman–Crippen LogP) is 2.17. The van der Waals surface area contributed by atoms with Crippen LogP contribution in [0.2, 0.25) is 0 Å². The fourth-order valence-corrected chi connectivity index (χ4v) is 1.51. The minimum Gasteiger partial charge on any atom is -0.465 e. The maximum atomic E-state index is 10.0. The first-order chi connectivity index (χ1) is 8.74. The van der Waals surface area contributed by atoms with Gasteiger partial charge in [-0.05, 0) is 41.5 Å². The average molecular weight is 276 g/mol. The lowest BCUT2D eigenvalue weighted by Crippen LogP contribution is -2.31. The fourth-order valence-electron chi connectivity index (χ4n) is 1.51. The largest absolute Gasteiger partial charge is 0.465 e. The maximum absolute atomic E-state index is 10.0. The van der Waals surface area contributed by atoms with Crippen molar-refractivity contribution in [2.24, 2.45) is 0 Å². The molecule has 0 radical (unpaired) electrons. The Morgan fingerprint density at radius 3 is 1.84 bits per heavy atom. The first-order valence-electron chi connectivity index (χ1n) is 6.71. The Hall–Kier alpha value is -0.650. The second-order valence-electron chi connectivity index (χ2n) is 5.76. The average Bonchev–Trinajstić information content (AvgIpc) is 2.29. The normalized spacial score (nSPS) is 16.7. The molecule has 0 amide bonds. The van der Waals surface area contributed by atoms with E-state index in [4.69, 9.17) is 14.2 Å². The van der Waals surface area contributed by atoms with Crippen molar-refractivity contribution in [2.75, 3.05) is 19.8 Å². The van der Waals surface area contributed by atoms with Crippen LogP contribution < -0.4 is 0 Å². The number of hydrogen-bond acceptors (Lipinski definition) is 5. The van der Waals surface area contributed by atoms with E-state index in [0.717, 1.165) is 0 Å². The van der Waals surface area contributed by atoms with Crippen molar-refractivity contribution in [2.45, 2.75) is 65.5 Å². The number of carbonyl (C=O) groups is 1. The van der Waals surface area contributed by atoms with Crippen molar-refractivity contribution in [1.29, 1.82) is 0 Å². The van der Waals surface area contributed by atoms with Gasteiger partial charge >= 0.3 is 0 Å². The highest BCUT2D eigenvalue weighted by molar-refractivity contribution is 5.36. The highest BCUT2D eigenvalue weighted by Crippen LogP contribution is 2.11. The molecule has 0 aliphatic rings. The molecule has 114 valence electrons. The van der Waals surface area contributed by atoms with Crippen molar-refractivity contribution in [1.82, 2.24) is 0 Å². The van der Waals surface area contributed by atoms with Gasteiger partial charge in [0.05, 0.1) is 37.1 Å². The third kappa shape index (κ3) is 12.1. The first-order valence-corrected chi connectivity index (χ1v) is 6.71. The Balaban J connectivity index is 3.69. The van der Waals surface area contributed by atoms with Gasteiger partial charge in [0, 0.05) is 0 Å². The highest BCUT2D eigenvalue weighted by atomic mass is 16.6. The van der Waals surface area contributed by atoms with Crippen LogP contribution in [0.15, 0.2) is 0 Å². The van der Waals surface area contributed by atoms with Crippen LogP contribution in [-0.4, -0.2) is 50.2 Å². The van der Waals surface area contributed by atoms with Crippen LogP contribution in [0.4, 0.5) is 0 Å². The third-order valence-corrected chi connectivity index (χ3v) is 2.18. The van der Waals surface area contributed by atoms with Gasteiger partial charge in [0.2, 0.25) is 0 Å². The molecule has 3 unspecified atom stereocenters. The first kappa shape index (κ1) is 18.4. The molecule has 0 aromatic rings. The Kier molecular flexibility index (Phi) is 8.97. The summed E-state index contributed by atoms with van der Waals surface area (Å²) < 4.78 is 21.5. The predicted molar refractivity (Wildman–Crippen MR) is 73.1 cm³/mol. The van der Waals surface area contributed by atoms with E-state index in [1.54, 1.807) is 0 Å². The third-order valence-electron chi connectivity index (χ3n) is 2.18. The quantitative estimate of drug-likeness (QED) is 0.572. The molecule has 0 aliphatic heterocycles. The van der Waals surface area contributed by atoms with Crippen molar-refractivity contribution < 1.29 is 23.7 Å². The Morgan fingerprint density at radius 2 is 1.37 bits per heavy atom. The fraction of sp³-hybridized carbons (Fsp3) is 0.929. The summed E-state index contributed by atoms with van der Waals surface area (Å²) in [5.74, 6) is 0. The van der Waals surface area contributed by atoms with E-state index in [-0.39, 0.29) is 30.5 Å². The molecule has 0 bridgehead atoms. The molecule has 0 heterocycles. The minimum atomic E-state index is -0.163. The van der Waals surface area contributed by atoms with Crippen molar-refractivity contribution in [3.63, 3.8) is 0 Å². The van der Waals surface area contributed by atoms with Gasteiger partial charge in [-0.3, -0.25) is 4.79 Å². The lowest BCUT2D eigenvalue weighted by atomic mass is 10.2. The van der Waals surface area contributed by atoms with E-state index in [2.05, 4.69) is 4.74 Å². The molecule has 0 N–H and O–H groups in total. The number of ether oxygens (including phenoxy) is 4. The van der Waals surface area contributed by atoms with Gasteiger partial charge in [-0.25, -0.2) is 0 Å². The summed E-state index contributed by atoms with van der Waals surface area (Å²) in [4.78, 5) is 10.0. The van der Waals surface area contributed by atoms with Crippen LogP contribution in [0.25, 0.3) is 0 Å². The SMILES string of the molecule is CC(COC=O)OCC(C)OCC(C)OC(C)(C)C. The van der Waals surface area contributed by atoms with Gasteiger partial charge in [0.25, 0.3) is 6.47 Å². The van der Waals surface area contributed by atoms with E-state index in [0.29, 0.717) is 19.7 Å².